The van der Waals surface area contributed by atoms with Gasteiger partial charge in [-0.2, -0.15) is 0 Å². The molecule has 1 aromatic rings. The molecule has 0 aliphatic carbocycles. The minimum Gasteiger partial charge on any atom is -0.308 e. The van der Waals surface area contributed by atoms with Crippen LogP contribution in [0.2, 0.25) is 0 Å². The zero-order valence-electron chi connectivity index (χ0n) is 6.77. The second kappa shape index (κ2) is 2.78. The molecule has 0 radical (unpaired) electrons. The molecule has 0 atom stereocenters. The third kappa shape index (κ3) is 1.30. The zero-order chi connectivity index (χ0) is 9.64. The number of hydrogen-bond donors (Lipinski definition) is 1. The van der Waals surface area contributed by atoms with Crippen LogP contribution in [0.25, 0.3) is 0 Å². The molecular weight excluding hydrogens is 300 g/mol. The van der Waals surface area contributed by atoms with Gasteiger partial charge in [0.05, 0.1) is 0 Å². The molecule has 3 nitrogen and oxygen atoms in total. The molecule has 2 rings (SSSR count). The number of aromatic nitrogens is 1. The molecule has 1 amide bonds. The number of nitrogens with zero attached hydrogens (tertiary/aromatic N) is 1. The maximum atomic E-state index is 11.4. The molecular formula is C8H6Br2N2O. The summed E-state index contributed by atoms with van der Waals surface area (Å²) in [4.78, 5) is 15.6. The van der Waals surface area contributed by atoms with Gasteiger partial charge >= 0.3 is 0 Å². The molecule has 1 N–H and O–H groups in total. The average molecular weight is 306 g/mol. The maximum Gasteiger partial charge on any atom is 0.258 e. The number of carbonyl (C=O) groups is 1. The number of aryl methyl sites for hydroxylation is 1. The number of pyridine rings is 1. The summed E-state index contributed by atoms with van der Waals surface area (Å²) in [6, 6.07) is 3.75. The van der Waals surface area contributed by atoms with Gasteiger partial charge in [0.25, 0.3) is 5.91 Å². The fourth-order valence-corrected chi connectivity index (χ4v) is 2.05. The van der Waals surface area contributed by atoms with Crippen molar-refractivity contribution < 1.29 is 4.79 Å². The predicted octanol–water partition coefficient (Wildman–Crippen LogP) is 2.28. The lowest BCUT2D eigenvalue weighted by molar-refractivity contribution is -0.115. The molecule has 1 aliphatic heterocycles. The van der Waals surface area contributed by atoms with E-state index in [2.05, 4.69) is 42.2 Å². The predicted molar refractivity (Wildman–Crippen MR) is 57.1 cm³/mol. The third-order valence-electron chi connectivity index (χ3n) is 1.89. The lowest BCUT2D eigenvalue weighted by atomic mass is 10.2. The number of nitrogens with one attached hydrogen (secondary N) is 1. The van der Waals surface area contributed by atoms with Crippen LogP contribution in [0, 0.1) is 6.92 Å². The molecule has 0 saturated carbocycles. The highest BCUT2D eigenvalue weighted by atomic mass is 79.9. The summed E-state index contributed by atoms with van der Waals surface area (Å²) in [5.41, 5.74) is 1.71. The fourth-order valence-electron chi connectivity index (χ4n) is 1.21. The minimum absolute atomic E-state index is 0.138. The van der Waals surface area contributed by atoms with Gasteiger partial charge in [0.1, 0.15) is 5.82 Å². The van der Waals surface area contributed by atoms with E-state index in [4.69, 9.17) is 0 Å². The number of rotatable bonds is 0. The minimum atomic E-state index is -0.809. The number of fused-ring (bicyclic) bond motifs is 1. The fraction of sp³-hybridized carbons (Fsp3) is 0.250. The Morgan fingerprint density at radius 3 is 2.85 bits per heavy atom. The second-order valence-electron chi connectivity index (χ2n) is 2.88. The highest BCUT2D eigenvalue weighted by Gasteiger charge is 2.43. The Labute approximate surface area is 92.2 Å². The molecule has 1 aromatic heterocycles. The van der Waals surface area contributed by atoms with E-state index in [0.717, 1.165) is 11.3 Å². The summed E-state index contributed by atoms with van der Waals surface area (Å²) in [6.07, 6.45) is 0. The first-order valence-electron chi connectivity index (χ1n) is 3.69. The van der Waals surface area contributed by atoms with Crippen LogP contribution >= 0.6 is 31.9 Å². The van der Waals surface area contributed by atoms with E-state index < -0.39 is 3.23 Å². The molecule has 0 aromatic carbocycles. The Morgan fingerprint density at radius 2 is 2.15 bits per heavy atom. The SMILES string of the molecule is Cc1ccc2c(n1)NC(=O)C2(Br)Br. The van der Waals surface area contributed by atoms with Crippen molar-refractivity contribution in [3.8, 4) is 0 Å². The first-order valence-corrected chi connectivity index (χ1v) is 5.28. The van der Waals surface area contributed by atoms with E-state index in [-0.39, 0.29) is 5.91 Å². The Morgan fingerprint density at radius 1 is 1.46 bits per heavy atom. The number of halogens is 2. The van der Waals surface area contributed by atoms with Gasteiger partial charge in [0.2, 0.25) is 0 Å². The first-order chi connectivity index (χ1) is 6.01. The lowest BCUT2D eigenvalue weighted by Crippen LogP contribution is -2.20. The van der Waals surface area contributed by atoms with Gasteiger partial charge in [-0.25, -0.2) is 4.98 Å². The first kappa shape index (κ1) is 9.15. The van der Waals surface area contributed by atoms with Gasteiger partial charge in [-0.05, 0) is 13.0 Å². The number of anilines is 1. The summed E-state index contributed by atoms with van der Waals surface area (Å²) in [5, 5.41) is 2.68. The number of carbonyl (C=O) groups excluding carboxylic acids is 1. The molecule has 5 heteroatoms. The quantitative estimate of drug-likeness (QED) is 0.747. The summed E-state index contributed by atoms with van der Waals surface area (Å²) in [6.45, 7) is 1.88. The van der Waals surface area contributed by atoms with Gasteiger partial charge in [-0.3, -0.25) is 4.79 Å². The standard InChI is InChI=1S/C8H6Br2N2O/c1-4-2-3-5-6(11-4)12-7(13)8(5,9)10/h2-3H,1H3,(H,11,12,13). The molecule has 68 valence electrons. The summed E-state index contributed by atoms with van der Waals surface area (Å²) in [5.74, 6) is 0.486. The van der Waals surface area contributed by atoms with Gasteiger partial charge in [0, 0.05) is 11.3 Å². The van der Waals surface area contributed by atoms with E-state index in [0.29, 0.717) is 5.82 Å². The number of amides is 1. The van der Waals surface area contributed by atoms with Crippen LogP contribution in [0.15, 0.2) is 12.1 Å². The molecule has 0 bridgehead atoms. The molecule has 0 unspecified atom stereocenters. The van der Waals surface area contributed by atoms with Crippen molar-refractivity contribution in [1.82, 2.24) is 4.98 Å². The van der Waals surface area contributed by atoms with Crippen molar-refractivity contribution in [3.63, 3.8) is 0 Å². The van der Waals surface area contributed by atoms with Crippen molar-refractivity contribution in [2.45, 2.75) is 10.2 Å². The van der Waals surface area contributed by atoms with Crippen molar-refractivity contribution >= 4 is 43.6 Å². The Bertz CT molecular complexity index is 390. The van der Waals surface area contributed by atoms with Crippen LogP contribution in [0.1, 0.15) is 11.3 Å². The summed E-state index contributed by atoms with van der Waals surface area (Å²) in [7, 11) is 0. The molecule has 0 spiro atoms. The molecule has 0 fully saturated rings. The smallest absolute Gasteiger partial charge is 0.258 e. The summed E-state index contributed by atoms with van der Waals surface area (Å²) < 4.78 is -0.809. The van der Waals surface area contributed by atoms with Crippen molar-refractivity contribution in [2.24, 2.45) is 0 Å². The molecule has 1 aliphatic rings. The van der Waals surface area contributed by atoms with E-state index in [1.807, 2.05) is 19.1 Å². The molecule has 2 heterocycles. The lowest BCUT2D eigenvalue weighted by Gasteiger charge is -2.09. The average Bonchev–Trinajstić information content (AvgIpc) is 2.23. The Hall–Kier alpha value is -0.420. The number of alkyl halides is 2. The van der Waals surface area contributed by atoms with Gasteiger partial charge in [-0.1, -0.05) is 37.9 Å². The van der Waals surface area contributed by atoms with Gasteiger partial charge in [-0.15, -0.1) is 0 Å². The normalized spacial score (nSPS) is 18.2. The highest BCUT2D eigenvalue weighted by Crippen LogP contribution is 2.46. The van der Waals surface area contributed by atoms with E-state index in [1.54, 1.807) is 0 Å². The highest BCUT2D eigenvalue weighted by molar-refractivity contribution is 9.25. The molecule has 13 heavy (non-hydrogen) atoms. The topological polar surface area (TPSA) is 42.0 Å². The summed E-state index contributed by atoms with van der Waals surface area (Å²) >= 11 is 6.59. The van der Waals surface area contributed by atoms with Crippen molar-refractivity contribution in [1.29, 1.82) is 0 Å². The Kier molecular flexibility index (Phi) is 1.96. The van der Waals surface area contributed by atoms with Crippen LogP contribution in [-0.4, -0.2) is 10.9 Å². The van der Waals surface area contributed by atoms with Crippen LogP contribution < -0.4 is 5.32 Å². The van der Waals surface area contributed by atoms with Crippen LogP contribution in [-0.2, 0) is 8.03 Å². The van der Waals surface area contributed by atoms with Crippen LogP contribution in [0.3, 0.4) is 0 Å². The monoisotopic (exact) mass is 304 g/mol. The van der Waals surface area contributed by atoms with E-state index in [9.17, 15) is 4.79 Å². The maximum absolute atomic E-state index is 11.4. The Balaban J connectivity index is 2.62. The second-order valence-corrected chi connectivity index (χ2v) is 6.32. The number of hydrogen-bond acceptors (Lipinski definition) is 2. The van der Waals surface area contributed by atoms with Crippen LogP contribution in [0.4, 0.5) is 5.82 Å². The van der Waals surface area contributed by atoms with E-state index in [1.165, 1.54) is 0 Å². The third-order valence-corrected chi connectivity index (χ3v) is 3.46. The largest absolute Gasteiger partial charge is 0.308 e. The van der Waals surface area contributed by atoms with E-state index >= 15 is 0 Å². The van der Waals surface area contributed by atoms with Crippen molar-refractivity contribution in [2.75, 3.05) is 5.32 Å². The van der Waals surface area contributed by atoms with Gasteiger partial charge < -0.3 is 5.32 Å². The zero-order valence-corrected chi connectivity index (χ0v) is 9.94. The molecule has 0 saturated heterocycles. The van der Waals surface area contributed by atoms with Gasteiger partial charge in [0.15, 0.2) is 3.23 Å². The van der Waals surface area contributed by atoms with Crippen molar-refractivity contribution in [3.05, 3.63) is 23.4 Å². The van der Waals surface area contributed by atoms with Crippen LogP contribution in [0.5, 0.6) is 0 Å².